The van der Waals surface area contributed by atoms with Crippen molar-refractivity contribution in [2.24, 2.45) is 20.0 Å². The maximum atomic E-state index is 10.6. The molecule has 8 nitrogen and oxygen atoms in total. The van der Waals surface area contributed by atoms with Crippen molar-refractivity contribution in [1.29, 1.82) is 0 Å². The second-order valence-corrected chi connectivity index (χ2v) is 7.84. The number of aliphatic imine (C=N–C) groups is 4. The summed E-state index contributed by atoms with van der Waals surface area (Å²) >= 11 is 0. The normalized spacial score (nSPS) is 9.65. The maximum Gasteiger partial charge on any atom is 0.240 e. The van der Waals surface area contributed by atoms with Crippen LogP contribution in [0.2, 0.25) is 0 Å². The first-order valence-electron chi connectivity index (χ1n) is 10.9. The average Bonchev–Trinajstić information content (AvgIpc) is 2.81. The molecule has 0 fully saturated rings. The average molecular weight is 461 g/mol. The molecule has 0 heterocycles. The van der Waals surface area contributed by atoms with E-state index in [0.29, 0.717) is 28.7 Å². The highest BCUT2D eigenvalue weighted by molar-refractivity contribution is 5.74. The molecule has 0 aliphatic rings. The zero-order valence-electron chi connectivity index (χ0n) is 20.3. The van der Waals surface area contributed by atoms with Crippen molar-refractivity contribution in [3.63, 3.8) is 0 Å². The van der Waals surface area contributed by atoms with Gasteiger partial charge in [-0.05, 0) is 59.1 Å². The van der Waals surface area contributed by atoms with Crippen LogP contribution in [0.3, 0.4) is 0 Å². The van der Waals surface area contributed by atoms with Gasteiger partial charge in [0.05, 0.1) is 0 Å². The van der Waals surface area contributed by atoms with Gasteiger partial charge in [0.2, 0.25) is 24.3 Å². The Labute approximate surface area is 199 Å². The summed E-state index contributed by atoms with van der Waals surface area (Å²) in [6.07, 6.45) is 7.53. The van der Waals surface area contributed by atoms with E-state index < -0.39 is 0 Å². The Balaban J connectivity index is 0.000000342. The van der Waals surface area contributed by atoms with Gasteiger partial charge in [-0.2, -0.15) is 20.0 Å². The zero-order valence-corrected chi connectivity index (χ0v) is 20.3. The molecular formula is C26H28N4O4. The number of rotatable bonds is 8. The highest BCUT2D eigenvalue weighted by Gasteiger charge is 2.18. The lowest BCUT2D eigenvalue weighted by molar-refractivity contribution is 0.564. The van der Waals surface area contributed by atoms with Crippen molar-refractivity contribution >= 4 is 47.1 Å². The van der Waals surface area contributed by atoms with Crippen molar-refractivity contribution in [3.05, 3.63) is 46.5 Å². The molecule has 0 saturated heterocycles. The second-order valence-electron chi connectivity index (χ2n) is 7.84. The first-order valence-corrected chi connectivity index (χ1v) is 10.9. The fourth-order valence-corrected chi connectivity index (χ4v) is 3.73. The van der Waals surface area contributed by atoms with Gasteiger partial charge < -0.3 is 0 Å². The third-order valence-corrected chi connectivity index (χ3v) is 5.17. The van der Waals surface area contributed by atoms with Crippen molar-refractivity contribution in [2.75, 3.05) is 0 Å². The third kappa shape index (κ3) is 6.98. The van der Waals surface area contributed by atoms with E-state index >= 15 is 0 Å². The van der Waals surface area contributed by atoms with Crippen LogP contribution in [0, 0.1) is 0 Å². The van der Waals surface area contributed by atoms with Gasteiger partial charge in [0.15, 0.2) is 0 Å². The Bertz CT molecular complexity index is 1210. The lowest BCUT2D eigenvalue weighted by Gasteiger charge is -2.18. The minimum Gasteiger partial charge on any atom is -0.211 e. The molecule has 0 aromatic heterocycles. The summed E-state index contributed by atoms with van der Waals surface area (Å²) in [6, 6.07) is 7.15. The van der Waals surface area contributed by atoms with E-state index in [1.54, 1.807) is 12.1 Å². The predicted octanol–water partition coefficient (Wildman–Crippen LogP) is 6.61. The second kappa shape index (κ2) is 14.2. The molecular weight excluding hydrogens is 432 g/mol. The number of hydrogen-bond acceptors (Lipinski definition) is 8. The Morgan fingerprint density at radius 1 is 0.647 bits per heavy atom. The SMILES string of the molecule is CC(C)c1ccc(N=C=O)c(N=C=O)c1C(C)C.CCc1ccc(N=C=O)c(N=C=O)c1CC. The molecule has 0 radical (unpaired) electrons. The van der Waals surface area contributed by atoms with Gasteiger partial charge in [-0.15, -0.1) is 0 Å². The van der Waals surface area contributed by atoms with Crippen LogP contribution in [-0.2, 0) is 32.0 Å². The summed E-state index contributed by atoms with van der Waals surface area (Å²) in [4.78, 5) is 56.0. The Morgan fingerprint density at radius 3 is 1.59 bits per heavy atom. The number of carbonyl (C=O) groups excluding carboxylic acids is 4. The highest BCUT2D eigenvalue weighted by Crippen LogP contribution is 2.40. The van der Waals surface area contributed by atoms with Crippen LogP contribution >= 0.6 is 0 Å². The van der Waals surface area contributed by atoms with Crippen LogP contribution in [0.25, 0.3) is 0 Å². The molecule has 0 aliphatic carbocycles. The van der Waals surface area contributed by atoms with Gasteiger partial charge in [0.25, 0.3) is 0 Å². The molecule has 8 heteroatoms. The summed E-state index contributed by atoms with van der Waals surface area (Å²) in [5.74, 6) is 0.480. The van der Waals surface area contributed by atoms with Gasteiger partial charge in [-0.1, -0.05) is 53.7 Å². The van der Waals surface area contributed by atoms with Gasteiger partial charge >= 0.3 is 0 Å². The summed E-state index contributed by atoms with van der Waals surface area (Å²) in [7, 11) is 0. The van der Waals surface area contributed by atoms with Crippen molar-refractivity contribution in [3.8, 4) is 0 Å². The number of nitrogens with zero attached hydrogens (tertiary/aromatic N) is 4. The van der Waals surface area contributed by atoms with Crippen LogP contribution in [-0.4, -0.2) is 24.3 Å². The molecule has 0 unspecified atom stereocenters. The molecule has 34 heavy (non-hydrogen) atoms. The van der Waals surface area contributed by atoms with E-state index in [1.807, 2.05) is 39.8 Å². The first kappa shape index (κ1) is 28.0. The molecule has 2 aromatic carbocycles. The molecule has 0 atom stereocenters. The van der Waals surface area contributed by atoms with Gasteiger partial charge in [0, 0.05) is 0 Å². The number of isocyanates is 4. The molecule has 2 aromatic rings. The largest absolute Gasteiger partial charge is 0.240 e. The minimum absolute atomic E-state index is 0.177. The molecule has 0 amide bonds. The molecule has 176 valence electrons. The van der Waals surface area contributed by atoms with E-state index in [1.165, 1.54) is 24.3 Å². The van der Waals surface area contributed by atoms with E-state index in [0.717, 1.165) is 35.1 Å². The van der Waals surface area contributed by atoms with Crippen LogP contribution in [0.5, 0.6) is 0 Å². The molecule has 0 aliphatic heterocycles. The lowest BCUT2D eigenvalue weighted by Crippen LogP contribution is -1.99. The predicted molar refractivity (Wildman–Crippen MR) is 131 cm³/mol. The number of aryl methyl sites for hydroxylation is 1. The van der Waals surface area contributed by atoms with Crippen LogP contribution in [0.15, 0.2) is 44.2 Å². The monoisotopic (exact) mass is 460 g/mol. The highest BCUT2D eigenvalue weighted by atomic mass is 16.1. The van der Waals surface area contributed by atoms with Gasteiger partial charge in [-0.3, -0.25) is 0 Å². The molecule has 2 rings (SSSR count). The van der Waals surface area contributed by atoms with Crippen molar-refractivity contribution in [1.82, 2.24) is 0 Å². The quantitative estimate of drug-likeness (QED) is 0.325. The third-order valence-electron chi connectivity index (χ3n) is 5.17. The van der Waals surface area contributed by atoms with E-state index in [9.17, 15) is 19.2 Å². The molecule has 0 spiro atoms. The number of benzene rings is 2. The molecule has 0 N–H and O–H groups in total. The van der Waals surface area contributed by atoms with Crippen LogP contribution in [0.1, 0.15) is 75.6 Å². The topological polar surface area (TPSA) is 118 Å². The summed E-state index contributed by atoms with van der Waals surface area (Å²) in [5.41, 5.74) is 5.65. The Hall–Kier alpha value is -4.04. The van der Waals surface area contributed by atoms with Crippen molar-refractivity contribution < 1.29 is 19.2 Å². The first-order chi connectivity index (χ1) is 16.3. The molecule has 0 bridgehead atoms. The van der Waals surface area contributed by atoms with Gasteiger partial charge in [-0.25, -0.2) is 19.2 Å². The fourth-order valence-electron chi connectivity index (χ4n) is 3.73. The standard InChI is InChI=1S/C14H16N2O2.C12H12N2O2/c1-9(2)11-5-6-12(15-7-17)14(16-8-18)13(11)10(3)4;1-3-9-5-6-11(13-7-15)12(14-8-16)10(9)4-2/h5-6,9-10H,1-4H3;5-6H,3-4H2,1-2H3. The van der Waals surface area contributed by atoms with E-state index in [2.05, 4.69) is 33.8 Å². The zero-order chi connectivity index (χ0) is 25.7. The summed E-state index contributed by atoms with van der Waals surface area (Å²) in [5, 5.41) is 0. The van der Waals surface area contributed by atoms with Crippen LogP contribution in [0.4, 0.5) is 22.7 Å². The number of hydrogen-bond donors (Lipinski definition) is 0. The van der Waals surface area contributed by atoms with Crippen molar-refractivity contribution in [2.45, 2.75) is 66.2 Å². The van der Waals surface area contributed by atoms with Gasteiger partial charge in [0.1, 0.15) is 22.7 Å². The van der Waals surface area contributed by atoms with E-state index in [4.69, 9.17) is 0 Å². The summed E-state index contributed by atoms with van der Waals surface area (Å²) < 4.78 is 0. The smallest absolute Gasteiger partial charge is 0.211 e. The Morgan fingerprint density at radius 2 is 1.15 bits per heavy atom. The van der Waals surface area contributed by atoms with Crippen LogP contribution < -0.4 is 0 Å². The molecule has 0 saturated carbocycles. The maximum absolute atomic E-state index is 10.6. The Kier molecular flexibility index (Phi) is 11.7. The lowest BCUT2D eigenvalue weighted by atomic mass is 9.88. The summed E-state index contributed by atoms with van der Waals surface area (Å²) in [6.45, 7) is 12.1. The fraction of sp³-hybridized carbons (Fsp3) is 0.385. The van der Waals surface area contributed by atoms with E-state index in [-0.39, 0.29) is 5.92 Å². The minimum atomic E-state index is 0.177.